The van der Waals surface area contributed by atoms with Crippen molar-refractivity contribution < 1.29 is 9.47 Å². The highest BCUT2D eigenvalue weighted by molar-refractivity contribution is 7.98. The van der Waals surface area contributed by atoms with Gasteiger partial charge in [0.1, 0.15) is 11.5 Å². The Kier molecular flexibility index (Phi) is 5.83. The van der Waals surface area contributed by atoms with Crippen LogP contribution in [0.3, 0.4) is 0 Å². The number of aromatic nitrogens is 3. The highest BCUT2D eigenvalue weighted by Crippen LogP contribution is 2.30. The molecule has 0 atom stereocenters. The van der Waals surface area contributed by atoms with Gasteiger partial charge in [-0.05, 0) is 55.8 Å². The van der Waals surface area contributed by atoms with E-state index < -0.39 is 0 Å². The molecule has 136 valence electrons. The Balaban J connectivity index is 1.81. The fraction of sp³-hybridized carbons (Fsp3) is 0.300. The summed E-state index contributed by atoms with van der Waals surface area (Å²) in [6.45, 7) is 4.29. The molecule has 0 amide bonds. The second kappa shape index (κ2) is 8.27. The van der Waals surface area contributed by atoms with Crippen LogP contribution in [0.4, 0.5) is 0 Å². The lowest BCUT2D eigenvalue weighted by Gasteiger charge is -2.14. The highest BCUT2D eigenvalue weighted by atomic mass is 32.2. The molecule has 0 aliphatic heterocycles. The molecule has 0 bridgehead atoms. The number of hydrogen-bond acceptors (Lipinski definition) is 5. The number of hydrogen-bond donors (Lipinski definition) is 0. The van der Waals surface area contributed by atoms with E-state index in [9.17, 15) is 0 Å². The molecule has 0 saturated carbocycles. The number of thioether (sulfide) groups is 1. The lowest BCUT2D eigenvalue weighted by molar-refractivity contribution is 0.414. The van der Waals surface area contributed by atoms with Gasteiger partial charge in [-0.3, -0.25) is 4.57 Å². The fourth-order valence-electron chi connectivity index (χ4n) is 2.65. The van der Waals surface area contributed by atoms with Gasteiger partial charge in [-0.15, -0.1) is 10.2 Å². The predicted molar refractivity (Wildman–Crippen MR) is 105 cm³/mol. The van der Waals surface area contributed by atoms with E-state index in [0.29, 0.717) is 0 Å². The van der Waals surface area contributed by atoms with Gasteiger partial charge in [0.15, 0.2) is 11.0 Å². The van der Waals surface area contributed by atoms with Gasteiger partial charge >= 0.3 is 0 Å². The van der Waals surface area contributed by atoms with Gasteiger partial charge in [0.2, 0.25) is 0 Å². The second-order valence-electron chi connectivity index (χ2n) is 6.14. The zero-order chi connectivity index (χ0) is 18.5. The third-order valence-corrected chi connectivity index (χ3v) is 5.07. The van der Waals surface area contributed by atoms with Crippen LogP contribution >= 0.6 is 11.8 Å². The minimum Gasteiger partial charge on any atom is -0.497 e. The minimum atomic E-state index is 0.264. The van der Waals surface area contributed by atoms with Crippen molar-refractivity contribution in [3.05, 3.63) is 54.1 Å². The van der Waals surface area contributed by atoms with E-state index in [0.717, 1.165) is 33.8 Å². The normalized spacial score (nSPS) is 11.0. The molecule has 0 fully saturated rings. The van der Waals surface area contributed by atoms with Crippen LogP contribution in [0, 0.1) is 0 Å². The maximum Gasteiger partial charge on any atom is 0.192 e. The van der Waals surface area contributed by atoms with Crippen LogP contribution in [0.5, 0.6) is 11.5 Å². The van der Waals surface area contributed by atoms with Crippen LogP contribution in [0.1, 0.15) is 25.5 Å². The SMILES string of the molecule is COc1ccc(CSc2nnc(-c3ccc(OC)cc3)n2C(C)C)cc1. The van der Waals surface area contributed by atoms with Gasteiger partial charge in [0.25, 0.3) is 0 Å². The number of rotatable bonds is 7. The molecule has 3 aromatic rings. The number of methoxy groups -OCH3 is 2. The Morgan fingerprint density at radius 1 is 0.885 bits per heavy atom. The molecule has 1 heterocycles. The summed E-state index contributed by atoms with van der Waals surface area (Å²) in [6, 6.07) is 16.3. The van der Waals surface area contributed by atoms with Gasteiger partial charge in [-0.1, -0.05) is 23.9 Å². The topological polar surface area (TPSA) is 49.2 Å². The molecule has 3 rings (SSSR count). The first kappa shape index (κ1) is 18.3. The lowest BCUT2D eigenvalue weighted by atomic mass is 10.2. The van der Waals surface area contributed by atoms with E-state index >= 15 is 0 Å². The van der Waals surface area contributed by atoms with Crippen molar-refractivity contribution in [2.24, 2.45) is 0 Å². The summed E-state index contributed by atoms with van der Waals surface area (Å²) < 4.78 is 12.6. The first-order chi connectivity index (χ1) is 12.6. The fourth-order valence-corrected chi connectivity index (χ4v) is 3.67. The van der Waals surface area contributed by atoms with Gasteiger partial charge < -0.3 is 9.47 Å². The maximum atomic E-state index is 5.24. The zero-order valence-corrected chi connectivity index (χ0v) is 16.3. The molecule has 6 heteroatoms. The Bertz CT molecular complexity index is 842. The van der Waals surface area contributed by atoms with Crippen molar-refractivity contribution in [1.82, 2.24) is 14.8 Å². The van der Waals surface area contributed by atoms with E-state index in [-0.39, 0.29) is 6.04 Å². The maximum absolute atomic E-state index is 5.24. The van der Waals surface area contributed by atoms with Crippen LogP contribution in [-0.4, -0.2) is 29.0 Å². The number of benzene rings is 2. The van der Waals surface area contributed by atoms with E-state index in [2.05, 4.69) is 40.7 Å². The second-order valence-corrected chi connectivity index (χ2v) is 7.08. The van der Waals surface area contributed by atoms with E-state index in [4.69, 9.17) is 9.47 Å². The summed E-state index contributed by atoms with van der Waals surface area (Å²) >= 11 is 1.69. The van der Waals surface area contributed by atoms with Crippen LogP contribution < -0.4 is 9.47 Å². The Hall–Kier alpha value is -2.47. The van der Waals surface area contributed by atoms with Crippen molar-refractivity contribution in [2.75, 3.05) is 14.2 Å². The third kappa shape index (κ3) is 4.02. The first-order valence-corrected chi connectivity index (χ1v) is 9.46. The third-order valence-electron chi connectivity index (χ3n) is 4.06. The Labute approximate surface area is 158 Å². The molecule has 2 aromatic carbocycles. The predicted octanol–water partition coefficient (Wildman–Crippen LogP) is 4.84. The van der Waals surface area contributed by atoms with E-state index in [1.807, 2.05) is 36.4 Å². The summed E-state index contributed by atoms with van der Waals surface area (Å²) in [5, 5.41) is 9.78. The van der Waals surface area contributed by atoms with Crippen molar-refractivity contribution in [1.29, 1.82) is 0 Å². The summed E-state index contributed by atoms with van der Waals surface area (Å²) in [4.78, 5) is 0. The van der Waals surface area contributed by atoms with Crippen LogP contribution in [-0.2, 0) is 5.75 Å². The smallest absolute Gasteiger partial charge is 0.192 e. The largest absolute Gasteiger partial charge is 0.497 e. The van der Waals surface area contributed by atoms with Gasteiger partial charge in [0.05, 0.1) is 14.2 Å². The molecule has 0 aliphatic rings. The summed E-state index contributed by atoms with van der Waals surface area (Å²) in [7, 11) is 3.34. The molecule has 0 saturated heterocycles. The minimum absolute atomic E-state index is 0.264. The van der Waals surface area contributed by atoms with Crippen molar-refractivity contribution in [3.63, 3.8) is 0 Å². The Morgan fingerprint density at radius 3 is 2.00 bits per heavy atom. The lowest BCUT2D eigenvalue weighted by Crippen LogP contribution is -2.05. The van der Waals surface area contributed by atoms with Crippen LogP contribution in [0.15, 0.2) is 53.7 Å². The van der Waals surface area contributed by atoms with Gasteiger partial charge in [-0.2, -0.15) is 0 Å². The molecule has 0 unspecified atom stereocenters. The van der Waals surface area contributed by atoms with Crippen molar-refractivity contribution in [2.45, 2.75) is 30.8 Å². The van der Waals surface area contributed by atoms with Crippen molar-refractivity contribution in [3.8, 4) is 22.9 Å². The molecule has 0 spiro atoms. The molecule has 5 nitrogen and oxygen atoms in total. The van der Waals surface area contributed by atoms with Gasteiger partial charge in [0, 0.05) is 17.4 Å². The van der Waals surface area contributed by atoms with E-state index in [1.165, 1.54) is 5.56 Å². The molecule has 26 heavy (non-hydrogen) atoms. The highest BCUT2D eigenvalue weighted by Gasteiger charge is 2.17. The number of nitrogens with zero attached hydrogens (tertiary/aromatic N) is 3. The summed E-state index contributed by atoms with van der Waals surface area (Å²) in [5.41, 5.74) is 2.25. The summed E-state index contributed by atoms with van der Waals surface area (Å²) in [6.07, 6.45) is 0. The number of ether oxygens (including phenoxy) is 2. The van der Waals surface area contributed by atoms with Crippen LogP contribution in [0.25, 0.3) is 11.4 Å². The van der Waals surface area contributed by atoms with Gasteiger partial charge in [-0.25, -0.2) is 0 Å². The van der Waals surface area contributed by atoms with E-state index in [1.54, 1.807) is 26.0 Å². The van der Waals surface area contributed by atoms with Crippen LogP contribution in [0.2, 0.25) is 0 Å². The molecule has 0 N–H and O–H groups in total. The molecule has 0 radical (unpaired) electrons. The first-order valence-electron chi connectivity index (χ1n) is 8.47. The van der Waals surface area contributed by atoms with Crippen molar-refractivity contribution >= 4 is 11.8 Å². The molecular weight excluding hydrogens is 346 g/mol. The average Bonchev–Trinajstić information content (AvgIpc) is 3.11. The molecule has 1 aromatic heterocycles. The zero-order valence-electron chi connectivity index (χ0n) is 15.5. The molecular formula is C20H23N3O2S. The Morgan fingerprint density at radius 2 is 1.46 bits per heavy atom. The quantitative estimate of drug-likeness (QED) is 0.558. The monoisotopic (exact) mass is 369 g/mol. The summed E-state index contributed by atoms with van der Waals surface area (Å²) in [5.74, 6) is 3.40. The molecule has 0 aliphatic carbocycles. The average molecular weight is 369 g/mol. The standard InChI is InChI=1S/C20H23N3O2S/c1-14(2)23-19(16-7-11-18(25-4)12-8-16)21-22-20(23)26-13-15-5-9-17(24-3)10-6-15/h5-12,14H,13H2,1-4H3.